The van der Waals surface area contributed by atoms with Gasteiger partial charge in [-0.05, 0) is 37.6 Å². The average Bonchev–Trinajstić information content (AvgIpc) is 2.71. The first kappa shape index (κ1) is 20.1. The molecule has 0 bridgehead atoms. The summed E-state index contributed by atoms with van der Waals surface area (Å²) in [6.45, 7) is 3.84. The summed E-state index contributed by atoms with van der Waals surface area (Å²) in [5.41, 5.74) is 0.183. The van der Waals surface area contributed by atoms with Crippen molar-refractivity contribution in [2.24, 2.45) is 0 Å². The summed E-state index contributed by atoms with van der Waals surface area (Å²) in [5, 5.41) is 12.6. The van der Waals surface area contributed by atoms with Gasteiger partial charge in [-0.2, -0.15) is 0 Å². The Kier molecular flexibility index (Phi) is 5.97. The summed E-state index contributed by atoms with van der Waals surface area (Å²) >= 11 is 0. The molecule has 3 rings (SSSR count). The van der Waals surface area contributed by atoms with Crippen LogP contribution < -0.4 is 15.7 Å². The maximum absolute atomic E-state index is 12.2. The van der Waals surface area contributed by atoms with Crippen LogP contribution in [0.4, 0.5) is 0 Å². The Morgan fingerprint density at radius 1 is 1.14 bits per heavy atom. The fraction of sp³-hybridized carbons (Fsp3) is 0.227. The van der Waals surface area contributed by atoms with Gasteiger partial charge in [0.25, 0.3) is 5.91 Å². The van der Waals surface area contributed by atoms with Gasteiger partial charge in [-0.3, -0.25) is 4.79 Å². The fourth-order valence-electron chi connectivity index (χ4n) is 2.76. The normalized spacial score (nSPS) is 11.8. The highest BCUT2D eigenvalue weighted by atomic mass is 16.5. The fourth-order valence-corrected chi connectivity index (χ4v) is 2.76. The first-order valence-electron chi connectivity index (χ1n) is 9.21. The van der Waals surface area contributed by atoms with Crippen LogP contribution in [0.15, 0.2) is 57.7 Å². The van der Waals surface area contributed by atoms with E-state index in [0.717, 1.165) is 6.42 Å². The second-order valence-electron chi connectivity index (χ2n) is 6.68. The summed E-state index contributed by atoms with van der Waals surface area (Å²) in [6.07, 6.45) is 0.746. The van der Waals surface area contributed by atoms with Crippen molar-refractivity contribution in [3.05, 3.63) is 75.6 Å². The number of amides is 1. The number of aromatic carboxylic acids is 1. The van der Waals surface area contributed by atoms with Crippen LogP contribution in [0.3, 0.4) is 0 Å². The lowest BCUT2D eigenvalue weighted by Crippen LogP contribution is -2.34. The van der Waals surface area contributed by atoms with E-state index in [-0.39, 0.29) is 29.4 Å². The van der Waals surface area contributed by atoms with E-state index in [1.807, 2.05) is 13.8 Å². The molecule has 0 fully saturated rings. The minimum absolute atomic E-state index is 0.0492. The molecular weight excluding hydrogens is 374 g/mol. The van der Waals surface area contributed by atoms with Gasteiger partial charge in [0.1, 0.15) is 23.5 Å². The molecule has 1 aromatic heterocycles. The number of carboxylic acids is 1. The van der Waals surface area contributed by atoms with Gasteiger partial charge in [-0.15, -0.1) is 0 Å². The first-order valence-corrected chi connectivity index (χ1v) is 9.21. The highest BCUT2D eigenvalue weighted by Gasteiger charge is 2.16. The van der Waals surface area contributed by atoms with Crippen LogP contribution in [0.1, 0.15) is 46.5 Å². The zero-order valence-corrected chi connectivity index (χ0v) is 16.1. The van der Waals surface area contributed by atoms with Crippen molar-refractivity contribution in [3.63, 3.8) is 0 Å². The Morgan fingerprint density at radius 3 is 2.62 bits per heavy atom. The quantitative estimate of drug-likeness (QED) is 0.592. The summed E-state index contributed by atoms with van der Waals surface area (Å²) in [6, 6.07) is 12.9. The molecule has 7 heteroatoms. The molecule has 29 heavy (non-hydrogen) atoms. The molecule has 0 aliphatic carbocycles. The molecule has 1 atom stereocenters. The van der Waals surface area contributed by atoms with E-state index in [1.165, 1.54) is 18.2 Å². The van der Waals surface area contributed by atoms with Crippen molar-refractivity contribution >= 4 is 22.8 Å². The van der Waals surface area contributed by atoms with Crippen LogP contribution in [0.25, 0.3) is 11.0 Å². The first-order chi connectivity index (χ1) is 13.9. The van der Waals surface area contributed by atoms with Gasteiger partial charge >= 0.3 is 11.6 Å². The van der Waals surface area contributed by atoms with Crippen molar-refractivity contribution in [2.75, 3.05) is 0 Å². The Labute approximate surface area is 166 Å². The van der Waals surface area contributed by atoms with Crippen LogP contribution in [-0.4, -0.2) is 23.0 Å². The topological polar surface area (TPSA) is 106 Å². The number of ether oxygens (including phenoxy) is 1. The van der Waals surface area contributed by atoms with Crippen molar-refractivity contribution in [1.29, 1.82) is 0 Å². The highest BCUT2D eigenvalue weighted by molar-refractivity contribution is 5.96. The second kappa shape index (κ2) is 8.60. The molecule has 1 unspecified atom stereocenters. The van der Waals surface area contributed by atoms with Crippen LogP contribution >= 0.6 is 0 Å². The lowest BCUT2D eigenvalue weighted by molar-refractivity contribution is 0.0693. The molecule has 7 nitrogen and oxygen atoms in total. The molecule has 0 radical (unpaired) electrons. The van der Waals surface area contributed by atoms with Crippen LogP contribution in [0, 0.1) is 0 Å². The predicted molar refractivity (Wildman–Crippen MR) is 107 cm³/mol. The summed E-state index contributed by atoms with van der Waals surface area (Å²) in [7, 11) is 0. The molecule has 0 saturated heterocycles. The number of carbonyl (C=O) groups excluding carboxylic acids is 1. The van der Waals surface area contributed by atoms with Crippen molar-refractivity contribution in [1.82, 2.24) is 5.32 Å². The van der Waals surface area contributed by atoms with Crippen LogP contribution in [-0.2, 0) is 6.61 Å². The lowest BCUT2D eigenvalue weighted by atomic mass is 10.1. The number of nitrogens with one attached hydrogen (secondary N) is 1. The number of hydrogen-bond acceptors (Lipinski definition) is 5. The molecule has 150 valence electrons. The third-order valence-corrected chi connectivity index (χ3v) is 4.58. The lowest BCUT2D eigenvalue weighted by Gasteiger charge is -2.11. The summed E-state index contributed by atoms with van der Waals surface area (Å²) in [5.74, 6) is -1.09. The van der Waals surface area contributed by atoms with Gasteiger partial charge in [0.15, 0.2) is 0 Å². The number of fused-ring (bicyclic) bond motifs is 1. The van der Waals surface area contributed by atoms with Gasteiger partial charge in [0, 0.05) is 23.1 Å². The smallest absolute Gasteiger partial charge is 0.349 e. The largest absolute Gasteiger partial charge is 0.489 e. The number of carboxylic acid groups (broad SMARTS) is 1. The summed E-state index contributed by atoms with van der Waals surface area (Å²) in [4.78, 5) is 35.7. The molecule has 3 aromatic rings. The Balaban J connectivity index is 1.82. The Bertz CT molecular complexity index is 1120. The van der Waals surface area contributed by atoms with E-state index in [2.05, 4.69) is 5.32 Å². The number of hydrogen-bond donors (Lipinski definition) is 2. The van der Waals surface area contributed by atoms with Crippen molar-refractivity contribution < 1.29 is 23.8 Å². The maximum Gasteiger partial charge on any atom is 0.349 e. The van der Waals surface area contributed by atoms with E-state index < -0.39 is 17.5 Å². The van der Waals surface area contributed by atoms with E-state index in [0.29, 0.717) is 16.7 Å². The average molecular weight is 395 g/mol. The molecule has 0 saturated carbocycles. The standard InChI is InChI=1S/C22H21NO6/c1-3-13(2)23-20(24)18-10-14-8-9-16(11-19(14)29-22(18)27)28-12-15-6-4-5-7-17(15)21(25)26/h4-11,13H,3,12H2,1-2H3,(H,23,24)(H,25,26). The maximum atomic E-state index is 12.2. The molecule has 2 aromatic carbocycles. The number of carbonyl (C=O) groups is 2. The number of benzene rings is 2. The van der Waals surface area contributed by atoms with E-state index in [9.17, 15) is 19.5 Å². The van der Waals surface area contributed by atoms with Gasteiger partial charge in [0.2, 0.25) is 0 Å². The van der Waals surface area contributed by atoms with Gasteiger partial charge in [0.05, 0.1) is 5.56 Å². The predicted octanol–water partition coefficient (Wildman–Crippen LogP) is 3.60. The molecule has 0 aliphatic heterocycles. The SMILES string of the molecule is CCC(C)NC(=O)c1cc2ccc(OCc3ccccc3C(=O)O)cc2oc1=O. The van der Waals surface area contributed by atoms with E-state index >= 15 is 0 Å². The zero-order chi connectivity index (χ0) is 21.0. The highest BCUT2D eigenvalue weighted by Crippen LogP contribution is 2.22. The second-order valence-corrected chi connectivity index (χ2v) is 6.68. The van der Waals surface area contributed by atoms with Gasteiger partial charge < -0.3 is 19.6 Å². The van der Waals surface area contributed by atoms with Gasteiger partial charge in [-0.1, -0.05) is 25.1 Å². The third kappa shape index (κ3) is 4.63. The Morgan fingerprint density at radius 2 is 1.90 bits per heavy atom. The van der Waals surface area contributed by atoms with E-state index in [1.54, 1.807) is 30.3 Å². The van der Waals surface area contributed by atoms with Gasteiger partial charge in [-0.25, -0.2) is 9.59 Å². The minimum Gasteiger partial charge on any atom is -0.489 e. The number of rotatable bonds is 7. The van der Waals surface area contributed by atoms with Crippen molar-refractivity contribution in [2.45, 2.75) is 32.9 Å². The minimum atomic E-state index is -1.03. The molecule has 1 heterocycles. The Hall–Kier alpha value is -3.61. The van der Waals surface area contributed by atoms with Crippen LogP contribution in [0.5, 0.6) is 5.75 Å². The molecule has 2 N–H and O–H groups in total. The summed E-state index contributed by atoms with van der Waals surface area (Å²) < 4.78 is 11.0. The molecule has 0 spiro atoms. The third-order valence-electron chi connectivity index (χ3n) is 4.58. The monoisotopic (exact) mass is 395 g/mol. The molecular formula is C22H21NO6. The zero-order valence-electron chi connectivity index (χ0n) is 16.1. The van der Waals surface area contributed by atoms with E-state index in [4.69, 9.17) is 9.15 Å². The molecule has 1 amide bonds. The van der Waals surface area contributed by atoms with Crippen molar-refractivity contribution in [3.8, 4) is 5.75 Å². The van der Waals surface area contributed by atoms with Crippen LogP contribution in [0.2, 0.25) is 0 Å². The molecule has 0 aliphatic rings.